The van der Waals surface area contributed by atoms with E-state index in [1.807, 2.05) is 56.6 Å². The number of anilines is 1. The number of hydrogen-bond acceptors (Lipinski definition) is 4. The second-order valence-corrected chi connectivity index (χ2v) is 9.88. The van der Waals surface area contributed by atoms with Gasteiger partial charge in [0.1, 0.15) is 5.69 Å². The minimum Gasteiger partial charge on any atom is -0.358 e. The maximum absolute atomic E-state index is 4.69. The molecular formula is C36H36N6. The first-order valence-electron chi connectivity index (χ1n) is 14.3. The van der Waals surface area contributed by atoms with Crippen LogP contribution >= 0.6 is 0 Å². The lowest BCUT2D eigenvalue weighted by atomic mass is 9.98. The van der Waals surface area contributed by atoms with Gasteiger partial charge in [0.2, 0.25) is 0 Å². The Morgan fingerprint density at radius 3 is 2.67 bits per heavy atom. The fraction of sp³-hybridized carbons (Fsp3) is 0.139. The number of pyridine rings is 2. The van der Waals surface area contributed by atoms with Gasteiger partial charge in [-0.1, -0.05) is 87.7 Å². The number of aryl methyl sites for hydroxylation is 1. The molecule has 6 heteroatoms. The van der Waals surface area contributed by atoms with Gasteiger partial charge in [-0.05, 0) is 48.3 Å². The normalized spacial score (nSPS) is 12.5. The van der Waals surface area contributed by atoms with Crippen molar-refractivity contribution in [2.75, 3.05) is 5.32 Å². The number of allylic oxidation sites excluding steroid dienone is 8. The highest BCUT2D eigenvalue weighted by molar-refractivity contribution is 5.95. The second kappa shape index (κ2) is 13.0. The van der Waals surface area contributed by atoms with Crippen LogP contribution in [0.1, 0.15) is 37.1 Å². The molecule has 4 heterocycles. The molecule has 0 saturated heterocycles. The lowest BCUT2D eigenvalue weighted by molar-refractivity contribution is 1.11. The largest absolute Gasteiger partial charge is 0.358 e. The molecule has 6 rings (SSSR count). The number of benzene rings is 1. The lowest BCUT2D eigenvalue weighted by Gasteiger charge is -2.11. The van der Waals surface area contributed by atoms with Crippen LogP contribution in [0.4, 0.5) is 5.69 Å². The Balaban J connectivity index is 0.00000173. The molecule has 0 amide bonds. The van der Waals surface area contributed by atoms with E-state index in [1.54, 1.807) is 6.20 Å². The highest BCUT2D eigenvalue weighted by Crippen LogP contribution is 2.35. The molecule has 6 nitrogen and oxygen atoms in total. The molecule has 1 aromatic carbocycles. The number of nitrogens with zero attached hydrogens (tertiary/aromatic N) is 3. The Hall–Kier alpha value is -5.23. The van der Waals surface area contributed by atoms with E-state index in [2.05, 4.69) is 94.1 Å². The summed E-state index contributed by atoms with van der Waals surface area (Å²) in [6, 6.07) is 16.5. The van der Waals surface area contributed by atoms with E-state index in [9.17, 15) is 0 Å². The zero-order chi connectivity index (χ0) is 29.5. The molecule has 0 fully saturated rings. The van der Waals surface area contributed by atoms with E-state index in [0.29, 0.717) is 0 Å². The maximum Gasteiger partial charge on any atom is 0.116 e. The van der Waals surface area contributed by atoms with Gasteiger partial charge < -0.3 is 10.3 Å². The van der Waals surface area contributed by atoms with Crippen molar-refractivity contribution < 1.29 is 0 Å². The Morgan fingerprint density at radius 2 is 1.90 bits per heavy atom. The first-order chi connectivity index (χ1) is 20.6. The third-order valence-electron chi connectivity index (χ3n) is 6.99. The van der Waals surface area contributed by atoms with Crippen molar-refractivity contribution in [2.24, 2.45) is 0 Å². The molecule has 3 N–H and O–H groups in total. The molecule has 0 unspecified atom stereocenters. The second-order valence-electron chi connectivity index (χ2n) is 9.88. The molecule has 210 valence electrons. The summed E-state index contributed by atoms with van der Waals surface area (Å²) in [4.78, 5) is 12.7. The molecule has 0 spiro atoms. The van der Waals surface area contributed by atoms with Crippen LogP contribution in [0.2, 0.25) is 0 Å². The van der Waals surface area contributed by atoms with Gasteiger partial charge >= 0.3 is 0 Å². The van der Waals surface area contributed by atoms with Gasteiger partial charge in [0, 0.05) is 40.5 Å². The molecule has 0 bridgehead atoms. The fourth-order valence-electron chi connectivity index (χ4n) is 5.10. The summed E-state index contributed by atoms with van der Waals surface area (Å²) in [7, 11) is 0. The van der Waals surface area contributed by atoms with Crippen LogP contribution < -0.4 is 5.32 Å². The summed E-state index contributed by atoms with van der Waals surface area (Å²) in [5, 5.41) is 12.2. The third-order valence-corrected chi connectivity index (χ3v) is 6.99. The first-order valence-corrected chi connectivity index (χ1v) is 14.3. The molecule has 0 radical (unpaired) electrons. The molecule has 42 heavy (non-hydrogen) atoms. The standard InChI is InChI=1S/C34H30N6.C2H6/c1-4-10-28(25-13-8-9-14-25)29-17-32(38-23(29)3)34-30-18-31(36-21-33(30)39-40-34)26-16-27(20-35-19-26)37-22(2)15-24-11-6-5-7-12-24;1-2/h4-8,10-14,16-21,37-38H,1-2,9,15H2,3H3,(H,39,40);1-2H3/b28-10-;. The van der Waals surface area contributed by atoms with Crippen LogP contribution in [0.5, 0.6) is 0 Å². The van der Waals surface area contributed by atoms with Crippen molar-refractivity contribution in [3.05, 3.63) is 139 Å². The monoisotopic (exact) mass is 552 g/mol. The average molecular weight is 553 g/mol. The Bertz CT molecular complexity index is 1810. The van der Waals surface area contributed by atoms with Crippen LogP contribution in [0, 0.1) is 6.92 Å². The van der Waals surface area contributed by atoms with Crippen molar-refractivity contribution in [3.8, 4) is 22.6 Å². The molecule has 0 atom stereocenters. The van der Waals surface area contributed by atoms with Gasteiger partial charge in [-0.3, -0.25) is 15.1 Å². The molecule has 0 saturated carbocycles. The number of aromatic nitrogens is 5. The summed E-state index contributed by atoms with van der Waals surface area (Å²) in [6.07, 6.45) is 17.6. The molecule has 5 aromatic rings. The number of H-pyrrole nitrogens is 2. The van der Waals surface area contributed by atoms with E-state index in [0.717, 1.165) is 74.6 Å². The highest BCUT2D eigenvalue weighted by Gasteiger charge is 2.18. The van der Waals surface area contributed by atoms with E-state index < -0.39 is 0 Å². The van der Waals surface area contributed by atoms with Crippen molar-refractivity contribution in [2.45, 2.75) is 33.6 Å². The number of fused-ring (bicyclic) bond motifs is 1. The smallest absolute Gasteiger partial charge is 0.116 e. The van der Waals surface area contributed by atoms with Crippen molar-refractivity contribution in [1.29, 1.82) is 0 Å². The Kier molecular flexibility index (Phi) is 8.73. The quantitative estimate of drug-likeness (QED) is 0.159. The number of aromatic amines is 2. The van der Waals surface area contributed by atoms with E-state index in [-0.39, 0.29) is 0 Å². The van der Waals surface area contributed by atoms with Gasteiger partial charge in [0.25, 0.3) is 0 Å². The van der Waals surface area contributed by atoms with Gasteiger partial charge in [0.15, 0.2) is 0 Å². The summed E-state index contributed by atoms with van der Waals surface area (Å²) in [5.74, 6) is 0. The summed E-state index contributed by atoms with van der Waals surface area (Å²) >= 11 is 0. The van der Waals surface area contributed by atoms with E-state index in [4.69, 9.17) is 4.98 Å². The topological polar surface area (TPSA) is 82.3 Å². The average Bonchev–Trinajstić information content (AvgIpc) is 3.78. The summed E-state index contributed by atoms with van der Waals surface area (Å²) in [5.41, 5.74) is 11.9. The lowest BCUT2D eigenvalue weighted by Crippen LogP contribution is -2.02. The van der Waals surface area contributed by atoms with Gasteiger partial charge in [0.05, 0.1) is 35.0 Å². The Labute approximate surface area is 247 Å². The minimum atomic E-state index is 0.739. The first kappa shape index (κ1) is 28.3. The molecule has 1 aliphatic carbocycles. The SMILES string of the molecule is C=C/C=C(/C1=CCC=C1)c1cc(-c2n[nH]c3cnc(-c4cncc(NC(=C)Cc5ccccc5)c4)cc23)[nH]c1C.CC. The van der Waals surface area contributed by atoms with Crippen LogP contribution in [0.3, 0.4) is 0 Å². The fourth-order valence-corrected chi connectivity index (χ4v) is 5.10. The van der Waals surface area contributed by atoms with Crippen molar-refractivity contribution >= 4 is 22.2 Å². The zero-order valence-corrected chi connectivity index (χ0v) is 24.4. The maximum atomic E-state index is 4.69. The highest BCUT2D eigenvalue weighted by atomic mass is 15.1. The van der Waals surface area contributed by atoms with Crippen molar-refractivity contribution in [1.82, 2.24) is 25.1 Å². The molecule has 4 aromatic heterocycles. The Morgan fingerprint density at radius 1 is 1.07 bits per heavy atom. The van der Waals surface area contributed by atoms with Gasteiger partial charge in [-0.15, -0.1) is 0 Å². The summed E-state index contributed by atoms with van der Waals surface area (Å²) in [6.45, 7) is 14.2. The molecule has 0 aliphatic heterocycles. The van der Waals surface area contributed by atoms with Crippen LogP contribution in [-0.2, 0) is 6.42 Å². The van der Waals surface area contributed by atoms with Crippen LogP contribution in [-0.4, -0.2) is 25.1 Å². The van der Waals surface area contributed by atoms with E-state index >= 15 is 0 Å². The summed E-state index contributed by atoms with van der Waals surface area (Å²) < 4.78 is 0. The number of rotatable bonds is 9. The minimum absolute atomic E-state index is 0.739. The predicted octanol–water partition coefficient (Wildman–Crippen LogP) is 8.97. The van der Waals surface area contributed by atoms with Crippen LogP contribution in [0.25, 0.3) is 39.1 Å². The molecule has 1 aliphatic rings. The van der Waals surface area contributed by atoms with Gasteiger partial charge in [-0.25, -0.2) is 0 Å². The number of nitrogens with one attached hydrogen (secondary N) is 3. The predicted molar refractivity (Wildman–Crippen MR) is 176 cm³/mol. The third kappa shape index (κ3) is 6.08. The van der Waals surface area contributed by atoms with Gasteiger partial charge in [-0.2, -0.15) is 5.10 Å². The zero-order valence-electron chi connectivity index (χ0n) is 24.4. The molecular weight excluding hydrogens is 516 g/mol. The van der Waals surface area contributed by atoms with E-state index in [1.165, 1.54) is 11.1 Å². The van der Waals surface area contributed by atoms with Crippen LogP contribution in [0.15, 0.2) is 122 Å². The van der Waals surface area contributed by atoms with Crippen molar-refractivity contribution in [3.63, 3.8) is 0 Å². The number of hydrogen-bond donors (Lipinski definition) is 3.